The molecule has 2 fully saturated rings. The van der Waals surface area contributed by atoms with Crippen LogP contribution in [0.3, 0.4) is 0 Å². The first kappa shape index (κ1) is 17.0. The number of amides is 1. The van der Waals surface area contributed by atoms with Crippen LogP contribution in [0.15, 0.2) is 36.4 Å². The molecular weight excluding hydrogens is 324 g/mol. The highest BCUT2D eigenvalue weighted by Gasteiger charge is 2.53. The molecule has 4 rings (SSSR count). The van der Waals surface area contributed by atoms with Gasteiger partial charge >= 0.3 is 0 Å². The molecule has 2 aliphatic rings. The van der Waals surface area contributed by atoms with Gasteiger partial charge in [-0.2, -0.15) is 5.10 Å². The summed E-state index contributed by atoms with van der Waals surface area (Å²) in [5.74, 6) is 1.22. The topological polar surface area (TPSA) is 49.3 Å². The van der Waals surface area contributed by atoms with Gasteiger partial charge in [0.05, 0.1) is 11.1 Å². The van der Waals surface area contributed by atoms with E-state index in [4.69, 9.17) is 0 Å². The molecule has 0 atom stereocenters. The molecule has 136 valence electrons. The number of benzene rings is 1. The van der Waals surface area contributed by atoms with Crippen molar-refractivity contribution in [1.29, 1.82) is 0 Å². The molecule has 1 aliphatic carbocycles. The molecule has 5 heteroatoms. The normalized spacial score (nSPS) is 19.2. The van der Waals surface area contributed by atoms with Crippen molar-refractivity contribution in [2.24, 2.45) is 0 Å². The summed E-state index contributed by atoms with van der Waals surface area (Å²) in [5.41, 5.74) is 3.10. The lowest BCUT2D eigenvalue weighted by Gasteiger charge is -2.27. The van der Waals surface area contributed by atoms with Gasteiger partial charge in [-0.1, -0.05) is 24.3 Å². The van der Waals surface area contributed by atoms with Gasteiger partial charge in [0.2, 0.25) is 5.91 Å². The third-order valence-corrected chi connectivity index (χ3v) is 5.71. The Balaban J connectivity index is 1.48. The van der Waals surface area contributed by atoms with Crippen LogP contribution in [0.4, 0.5) is 5.82 Å². The molecule has 0 spiro atoms. The van der Waals surface area contributed by atoms with Crippen LogP contribution in [0.1, 0.15) is 36.1 Å². The van der Waals surface area contributed by atoms with Gasteiger partial charge in [-0.15, -0.1) is 5.10 Å². The second-order valence-electron chi connectivity index (χ2n) is 7.56. The smallest absolute Gasteiger partial charge is 0.233 e. The zero-order chi connectivity index (χ0) is 18.1. The molecular formula is C21H26N4O. The van der Waals surface area contributed by atoms with Crippen molar-refractivity contribution in [3.05, 3.63) is 53.2 Å². The predicted molar refractivity (Wildman–Crippen MR) is 102 cm³/mol. The maximum absolute atomic E-state index is 13.4. The first-order chi connectivity index (χ1) is 12.6. The van der Waals surface area contributed by atoms with Crippen molar-refractivity contribution in [1.82, 2.24) is 15.1 Å². The lowest BCUT2D eigenvalue weighted by atomic mass is 9.90. The van der Waals surface area contributed by atoms with Crippen LogP contribution in [-0.4, -0.2) is 47.2 Å². The molecule has 0 unspecified atom stereocenters. The molecule has 0 bridgehead atoms. The number of anilines is 1. The molecule has 26 heavy (non-hydrogen) atoms. The van der Waals surface area contributed by atoms with Crippen molar-refractivity contribution < 1.29 is 4.79 Å². The highest BCUT2D eigenvalue weighted by Crippen LogP contribution is 2.50. The highest BCUT2D eigenvalue weighted by atomic mass is 16.2. The molecule has 1 amide bonds. The molecule has 1 saturated heterocycles. The lowest BCUT2D eigenvalue weighted by molar-refractivity contribution is -0.133. The Morgan fingerprint density at radius 3 is 2.46 bits per heavy atom. The van der Waals surface area contributed by atoms with E-state index in [1.165, 1.54) is 11.1 Å². The molecule has 1 aliphatic heterocycles. The van der Waals surface area contributed by atoms with E-state index in [9.17, 15) is 4.79 Å². The first-order valence-electron chi connectivity index (χ1n) is 9.51. The van der Waals surface area contributed by atoms with Crippen LogP contribution in [0, 0.1) is 13.8 Å². The van der Waals surface area contributed by atoms with Crippen molar-refractivity contribution in [2.45, 2.75) is 38.5 Å². The van der Waals surface area contributed by atoms with E-state index in [1.54, 1.807) is 0 Å². The van der Waals surface area contributed by atoms with Gasteiger partial charge < -0.3 is 9.80 Å². The Morgan fingerprint density at radius 1 is 0.962 bits per heavy atom. The Kier molecular flexibility index (Phi) is 4.39. The van der Waals surface area contributed by atoms with Crippen LogP contribution < -0.4 is 4.90 Å². The van der Waals surface area contributed by atoms with Gasteiger partial charge in [0.25, 0.3) is 0 Å². The first-order valence-corrected chi connectivity index (χ1v) is 9.51. The second kappa shape index (κ2) is 6.71. The summed E-state index contributed by atoms with van der Waals surface area (Å²) in [7, 11) is 0. The largest absolute Gasteiger partial charge is 0.353 e. The van der Waals surface area contributed by atoms with Crippen LogP contribution in [0.2, 0.25) is 0 Å². The predicted octanol–water partition coefficient (Wildman–Crippen LogP) is 2.86. The Morgan fingerprint density at radius 2 is 1.77 bits per heavy atom. The van der Waals surface area contributed by atoms with Crippen molar-refractivity contribution in [2.75, 3.05) is 31.1 Å². The molecule has 1 aromatic carbocycles. The number of carbonyl (C=O) groups is 1. The minimum absolute atomic E-state index is 0.274. The van der Waals surface area contributed by atoms with Gasteiger partial charge in [-0.3, -0.25) is 4.79 Å². The third kappa shape index (κ3) is 3.06. The lowest BCUT2D eigenvalue weighted by Crippen LogP contribution is -2.42. The van der Waals surface area contributed by atoms with Crippen molar-refractivity contribution in [3.8, 4) is 0 Å². The number of aromatic nitrogens is 2. The Hall–Kier alpha value is -2.43. The number of hydrogen-bond donors (Lipinski definition) is 0. The van der Waals surface area contributed by atoms with Gasteiger partial charge in [0.15, 0.2) is 5.82 Å². The van der Waals surface area contributed by atoms with Crippen molar-refractivity contribution >= 4 is 11.7 Å². The quantitative estimate of drug-likeness (QED) is 0.854. The van der Waals surface area contributed by atoms with Crippen molar-refractivity contribution in [3.63, 3.8) is 0 Å². The fourth-order valence-corrected chi connectivity index (χ4v) is 4.05. The van der Waals surface area contributed by atoms with Gasteiger partial charge in [-0.05, 0) is 56.4 Å². The average molecular weight is 350 g/mol. The van der Waals surface area contributed by atoms with E-state index in [-0.39, 0.29) is 5.41 Å². The van der Waals surface area contributed by atoms with Gasteiger partial charge in [0, 0.05) is 26.2 Å². The SMILES string of the molecule is Cc1ccc(N2CCCN(C(=O)C3(c4ccccc4C)CC3)CC2)nn1. The fourth-order valence-electron chi connectivity index (χ4n) is 4.05. The second-order valence-corrected chi connectivity index (χ2v) is 7.56. The van der Waals surface area contributed by atoms with E-state index >= 15 is 0 Å². The molecule has 0 radical (unpaired) electrons. The van der Waals surface area contributed by atoms with Gasteiger partial charge in [-0.25, -0.2) is 0 Å². The molecule has 0 N–H and O–H groups in total. The van der Waals surface area contributed by atoms with Gasteiger partial charge in [0.1, 0.15) is 0 Å². The highest BCUT2D eigenvalue weighted by molar-refractivity contribution is 5.91. The Labute approximate surface area is 155 Å². The molecule has 5 nitrogen and oxygen atoms in total. The molecule has 2 aromatic rings. The monoisotopic (exact) mass is 350 g/mol. The standard InChI is InChI=1S/C21H26N4O/c1-16-6-3-4-7-18(16)21(10-11-21)20(26)25-13-5-12-24(14-15-25)19-9-8-17(2)22-23-19/h3-4,6-9H,5,10-15H2,1-2H3. The molecule has 1 saturated carbocycles. The zero-order valence-corrected chi connectivity index (χ0v) is 15.6. The Bertz CT molecular complexity index is 798. The van der Waals surface area contributed by atoms with Crippen LogP contribution in [0.25, 0.3) is 0 Å². The number of rotatable bonds is 3. The maximum atomic E-state index is 13.4. The summed E-state index contributed by atoms with van der Waals surface area (Å²) in [4.78, 5) is 17.7. The van der Waals surface area contributed by atoms with E-state index in [0.717, 1.165) is 57.0 Å². The number of nitrogens with zero attached hydrogens (tertiary/aromatic N) is 4. The number of carbonyl (C=O) groups excluding carboxylic acids is 1. The van der Waals surface area contributed by atoms with E-state index in [1.807, 2.05) is 25.1 Å². The minimum Gasteiger partial charge on any atom is -0.353 e. The van der Waals surface area contributed by atoms with E-state index in [2.05, 4.69) is 45.1 Å². The van der Waals surface area contributed by atoms with E-state index < -0.39 is 0 Å². The van der Waals surface area contributed by atoms with Crippen LogP contribution >= 0.6 is 0 Å². The molecule has 1 aromatic heterocycles. The van der Waals surface area contributed by atoms with Crippen LogP contribution in [0.5, 0.6) is 0 Å². The van der Waals surface area contributed by atoms with E-state index in [0.29, 0.717) is 5.91 Å². The summed E-state index contributed by atoms with van der Waals surface area (Å²) in [6, 6.07) is 12.4. The minimum atomic E-state index is -0.274. The summed E-state index contributed by atoms with van der Waals surface area (Å²) in [6.07, 6.45) is 2.91. The third-order valence-electron chi connectivity index (χ3n) is 5.71. The number of aryl methyl sites for hydroxylation is 2. The van der Waals surface area contributed by atoms with Crippen LogP contribution in [-0.2, 0) is 10.2 Å². The zero-order valence-electron chi connectivity index (χ0n) is 15.6. The average Bonchev–Trinajstić information content (AvgIpc) is 3.47. The summed E-state index contributed by atoms with van der Waals surface area (Å²) >= 11 is 0. The number of hydrogen-bond acceptors (Lipinski definition) is 4. The summed E-state index contributed by atoms with van der Waals surface area (Å²) in [6.45, 7) is 7.36. The summed E-state index contributed by atoms with van der Waals surface area (Å²) < 4.78 is 0. The molecule has 2 heterocycles. The fraction of sp³-hybridized carbons (Fsp3) is 0.476. The maximum Gasteiger partial charge on any atom is 0.233 e. The summed E-state index contributed by atoms with van der Waals surface area (Å²) in [5, 5.41) is 8.47.